The predicted molar refractivity (Wildman–Crippen MR) is 46.2 cm³/mol. The molecule has 0 fully saturated rings. The summed E-state index contributed by atoms with van der Waals surface area (Å²) in [5.74, 6) is -0.765. The van der Waals surface area contributed by atoms with Gasteiger partial charge in [0.15, 0.2) is 5.78 Å². The van der Waals surface area contributed by atoms with Crippen molar-refractivity contribution in [3.8, 4) is 0 Å². The second-order valence-corrected chi connectivity index (χ2v) is 2.85. The number of hydrogen-bond donors (Lipinski definition) is 0. The fourth-order valence-corrected chi connectivity index (χ4v) is 0.770. The minimum atomic E-state index is -0.561. The normalized spacial score (nSPS) is 12.2. The molecule has 0 aliphatic carbocycles. The van der Waals surface area contributed by atoms with Crippen LogP contribution in [-0.4, -0.2) is 23.7 Å². The van der Waals surface area contributed by atoms with Gasteiger partial charge in [-0.15, -0.1) is 11.6 Å². The van der Waals surface area contributed by atoms with Crippen molar-refractivity contribution in [2.45, 2.75) is 32.1 Å². The van der Waals surface area contributed by atoms with E-state index in [1.54, 1.807) is 13.8 Å². The summed E-state index contributed by atoms with van der Waals surface area (Å²) in [6.45, 7) is 3.78. The maximum atomic E-state index is 11.0. The van der Waals surface area contributed by atoms with E-state index in [0.717, 1.165) is 0 Å². The van der Waals surface area contributed by atoms with Gasteiger partial charge in [0.1, 0.15) is 6.42 Å². The summed E-state index contributed by atoms with van der Waals surface area (Å²) in [7, 11) is 0. The second-order valence-electron chi connectivity index (χ2n) is 2.32. The second kappa shape index (κ2) is 6.00. The zero-order valence-electron chi connectivity index (χ0n) is 7.30. The first-order chi connectivity index (χ1) is 5.61. The molecule has 4 heteroatoms. The molecule has 3 nitrogen and oxygen atoms in total. The Kier molecular flexibility index (Phi) is 5.72. The Balaban J connectivity index is 3.76. The summed E-state index contributed by atoms with van der Waals surface area (Å²) in [5.41, 5.74) is 0. The molecule has 0 saturated heterocycles. The third-order valence-electron chi connectivity index (χ3n) is 1.33. The Hall–Kier alpha value is -0.570. The molecule has 0 aliphatic rings. The van der Waals surface area contributed by atoms with Crippen molar-refractivity contribution in [2.75, 3.05) is 6.61 Å². The summed E-state index contributed by atoms with van der Waals surface area (Å²) in [4.78, 5) is 21.8. The van der Waals surface area contributed by atoms with Gasteiger partial charge >= 0.3 is 5.97 Å². The van der Waals surface area contributed by atoms with Crippen LogP contribution >= 0.6 is 11.6 Å². The number of carbonyl (C=O) groups is 2. The van der Waals surface area contributed by atoms with Gasteiger partial charge in [-0.05, 0) is 13.3 Å². The van der Waals surface area contributed by atoms with Crippen molar-refractivity contribution in [2.24, 2.45) is 0 Å². The largest absolute Gasteiger partial charge is 0.466 e. The highest BCUT2D eigenvalue weighted by atomic mass is 35.5. The van der Waals surface area contributed by atoms with E-state index in [9.17, 15) is 9.59 Å². The molecule has 0 aromatic rings. The van der Waals surface area contributed by atoms with E-state index in [1.165, 1.54) is 0 Å². The number of alkyl halides is 1. The summed E-state index contributed by atoms with van der Waals surface area (Å²) >= 11 is 5.60. The van der Waals surface area contributed by atoms with Gasteiger partial charge in [0.2, 0.25) is 0 Å². The molecule has 0 amide bonds. The molecule has 0 rings (SSSR count). The van der Waals surface area contributed by atoms with E-state index in [0.29, 0.717) is 13.0 Å². The highest BCUT2D eigenvalue weighted by molar-refractivity contribution is 6.32. The zero-order chi connectivity index (χ0) is 9.56. The van der Waals surface area contributed by atoms with Crippen molar-refractivity contribution in [3.05, 3.63) is 0 Å². The highest BCUT2D eigenvalue weighted by Gasteiger charge is 2.17. The monoisotopic (exact) mass is 192 g/mol. The van der Waals surface area contributed by atoms with E-state index < -0.39 is 11.3 Å². The Labute approximate surface area is 77.0 Å². The first-order valence-corrected chi connectivity index (χ1v) is 4.37. The smallest absolute Gasteiger partial charge is 0.313 e. The molecule has 0 bridgehead atoms. The first-order valence-electron chi connectivity index (χ1n) is 3.94. The fraction of sp³-hybridized carbons (Fsp3) is 0.750. The van der Waals surface area contributed by atoms with Crippen LogP contribution < -0.4 is 0 Å². The minimum absolute atomic E-state index is 0.212. The van der Waals surface area contributed by atoms with Gasteiger partial charge in [-0.3, -0.25) is 9.59 Å². The highest BCUT2D eigenvalue weighted by Crippen LogP contribution is 2.05. The summed E-state index contributed by atoms with van der Waals surface area (Å²) in [5, 5.41) is -0.561. The molecule has 0 aliphatic heterocycles. The molecule has 1 atom stereocenters. The molecule has 0 saturated carbocycles. The van der Waals surface area contributed by atoms with Crippen LogP contribution in [0.2, 0.25) is 0 Å². The number of hydrogen-bond acceptors (Lipinski definition) is 3. The van der Waals surface area contributed by atoms with Crippen LogP contribution in [0.4, 0.5) is 0 Å². The van der Waals surface area contributed by atoms with Gasteiger partial charge in [-0.1, -0.05) is 6.92 Å². The molecular formula is C8H13ClO3. The van der Waals surface area contributed by atoms with Crippen LogP contribution in [-0.2, 0) is 14.3 Å². The molecule has 0 aromatic heterocycles. The molecular weight excluding hydrogens is 180 g/mol. The van der Waals surface area contributed by atoms with Gasteiger partial charge < -0.3 is 4.74 Å². The lowest BCUT2D eigenvalue weighted by molar-refractivity contribution is -0.145. The van der Waals surface area contributed by atoms with E-state index >= 15 is 0 Å². The van der Waals surface area contributed by atoms with E-state index in [1.807, 2.05) is 0 Å². The van der Waals surface area contributed by atoms with Gasteiger partial charge in [-0.25, -0.2) is 0 Å². The number of ketones is 1. The summed E-state index contributed by atoms with van der Waals surface area (Å²) in [6, 6.07) is 0. The van der Waals surface area contributed by atoms with Crippen molar-refractivity contribution in [3.63, 3.8) is 0 Å². The molecule has 0 heterocycles. The lowest BCUT2D eigenvalue weighted by atomic mass is 10.2. The maximum absolute atomic E-state index is 11.0. The molecule has 12 heavy (non-hydrogen) atoms. The Morgan fingerprint density at radius 2 is 2.00 bits per heavy atom. The van der Waals surface area contributed by atoms with Crippen LogP contribution in [0.3, 0.4) is 0 Å². The number of carbonyl (C=O) groups excluding carboxylic acids is 2. The topological polar surface area (TPSA) is 43.4 Å². The Bertz CT molecular complexity index is 168. The van der Waals surface area contributed by atoms with Gasteiger partial charge in [0.25, 0.3) is 0 Å². The van der Waals surface area contributed by atoms with Gasteiger partial charge in [0.05, 0.1) is 12.0 Å². The van der Waals surface area contributed by atoms with Crippen molar-refractivity contribution in [1.82, 2.24) is 0 Å². The Morgan fingerprint density at radius 1 is 1.42 bits per heavy atom. The summed E-state index contributed by atoms with van der Waals surface area (Å²) < 4.78 is 4.59. The van der Waals surface area contributed by atoms with Crippen molar-refractivity contribution < 1.29 is 14.3 Å². The Morgan fingerprint density at radius 3 is 2.42 bits per heavy atom. The number of ether oxygens (including phenoxy) is 1. The SMILES string of the molecule is CCOC(=O)CC(=O)C(Cl)CC. The van der Waals surface area contributed by atoms with Crippen LogP contribution in [0, 0.1) is 0 Å². The van der Waals surface area contributed by atoms with Gasteiger partial charge in [0, 0.05) is 0 Å². The number of Topliss-reactive ketones (excluding diaryl/α,β-unsaturated/α-hetero) is 1. The number of esters is 1. The average molecular weight is 193 g/mol. The van der Waals surface area contributed by atoms with Crippen molar-refractivity contribution in [1.29, 1.82) is 0 Å². The lowest BCUT2D eigenvalue weighted by Gasteiger charge is -2.04. The van der Waals surface area contributed by atoms with Crippen LogP contribution in [0.1, 0.15) is 26.7 Å². The van der Waals surface area contributed by atoms with E-state index in [4.69, 9.17) is 11.6 Å². The number of halogens is 1. The third kappa shape index (κ3) is 4.34. The van der Waals surface area contributed by atoms with Gasteiger partial charge in [-0.2, -0.15) is 0 Å². The van der Waals surface area contributed by atoms with Crippen molar-refractivity contribution >= 4 is 23.4 Å². The molecule has 0 N–H and O–H groups in total. The van der Waals surface area contributed by atoms with Crippen LogP contribution in [0.5, 0.6) is 0 Å². The third-order valence-corrected chi connectivity index (χ3v) is 1.88. The van der Waals surface area contributed by atoms with Crippen LogP contribution in [0.25, 0.3) is 0 Å². The first kappa shape index (κ1) is 11.4. The van der Waals surface area contributed by atoms with E-state index in [-0.39, 0.29) is 12.2 Å². The van der Waals surface area contributed by atoms with Crippen LogP contribution in [0.15, 0.2) is 0 Å². The summed E-state index contributed by atoms with van der Waals surface area (Å²) in [6.07, 6.45) is 0.329. The number of rotatable bonds is 5. The molecule has 70 valence electrons. The molecule has 1 unspecified atom stereocenters. The molecule has 0 radical (unpaired) electrons. The minimum Gasteiger partial charge on any atom is -0.466 e. The maximum Gasteiger partial charge on any atom is 0.313 e. The predicted octanol–water partition coefficient (Wildman–Crippen LogP) is 1.53. The molecule has 0 aromatic carbocycles. The van der Waals surface area contributed by atoms with E-state index in [2.05, 4.69) is 4.74 Å². The quantitative estimate of drug-likeness (QED) is 0.377. The molecule has 0 spiro atoms. The lowest BCUT2D eigenvalue weighted by Crippen LogP contribution is -2.19. The standard InChI is InChI=1S/C8H13ClO3/c1-3-6(9)7(10)5-8(11)12-4-2/h6H,3-5H2,1-2H3. The fourth-order valence-electron chi connectivity index (χ4n) is 0.693. The average Bonchev–Trinajstić information content (AvgIpc) is 2.03. The zero-order valence-corrected chi connectivity index (χ0v) is 8.06.